The third-order valence-corrected chi connectivity index (χ3v) is 2.90. The Kier molecular flexibility index (Phi) is 3.90. The molecule has 0 saturated carbocycles. The molecule has 0 amide bonds. The Balaban J connectivity index is 3.17. The molecule has 0 fully saturated rings. The number of hydrogen-bond donors (Lipinski definition) is 1. The maximum absolute atomic E-state index is 13.2. The Morgan fingerprint density at radius 2 is 2.23 bits per heavy atom. The predicted molar refractivity (Wildman–Crippen MR) is 57.2 cm³/mol. The molecule has 13 heavy (non-hydrogen) atoms. The van der Waals surface area contributed by atoms with Crippen LogP contribution in [-0.2, 0) is 0 Å². The van der Waals surface area contributed by atoms with Gasteiger partial charge in [0, 0.05) is 16.6 Å². The molecule has 0 aliphatic carbocycles. The lowest BCUT2D eigenvalue weighted by Gasteiger charge is -2.02. The molecule has 0 bridgehead atoms. The van der Waals surface area contributed by atoms with Crippen molar-refractivity contribution >= 4 is 33.6 Å². The van der Waals surface area contributed by atoms with Crippen molar-refractivity contribution in [1.29, 1.82) is 0 Å². The van der Waals surface area contributed by atoms with Crippen molar-refractivity contribution < 1.29 is 4.39 Å². The molecule has 4 heteroatoms. The second-order valence-electron chi connectivity index (χ2n) is 2.39. The van der Waals surface area contributed by atoms with Crippen LogP contribution >= 0.6 is 27.5 Å². The van der Waals surface area contributed by atoms with Gasteiger partial charge in [-0.3, -0.25) is 0 Å². The van der Waals surface area contributed by atoms with Crippen LogP contribution in [0, 0.1) is 5.82 Å². The Labute approximate surface area is 89.5 Å². The van der Waals surface area contributed by atoms with E-state index in [1.165, 1.54) is 12.1 Å². The highest BCUT2D eigenvalue weighted by atomic mass is 79.9. The summed E-state index contributed by atoms with van der Waals surface area (Å²) in [6.07, 6.45) is 3.27. The zero-order valence-corrected chi connectivity index (χ0v) is 9.07. The van der Waals surface area contributed by atoms with E-state index in [0.29, 0.717) is 21.6 Å². The first-order valence-electron chi connectivity index (χ1n) is 3.67. The molecular formula is C9H8BrClFN. The zero-order chi connectivity index (χ0) is 9.84. The van der Waals surface area contributed by atoms with Crippen LogP contribution in [0.5, 0.6) is 0 Å². The number of rotatable bonds is 2. The highest BCUT2D eigenvalue weighted by Crippen LogP contribution is 2.29. The van der Waals surface area contributed by atoms with E-state index >= 15 is 0 Å². The monoisotopic (exact) mass is 263 g/mol. The first-order valence-corrected chi connectivity index (χ1v) is 4.84. The van der Waals surface area contributed by atoms with Crippen molar-refractivity contribution in [2.75, 3.05) is 6.54 Å². The number of nitrogens with two attached hydrogens (primary N) is 1. The highest BCUT2D eigenvalue weighted by molar-refractivity contribution is 9.10. The molecule has 0 unspecified atom stereocenters. The van der Waals surface area contributed by atoms with E-state index < -0.39 is 0 Å². The summed E-state index contributed by atoms with van der Waals surface area (Å²) < 4.78 is 13.7. The minimum Gasteiger partial charge on any atom is -0.327 e. The Bertz CT molecular complexity index is 339. The molecule has 0 aromatic heterocycles. The average Bonchev–Trinajstić information content (AvgIpc) is 2.12. The molecule has 1 aromatic rings. The minimum absolute atomic E-state index is 0.319. The van der Waals surface area contributed by atoms with Crippen LogP contribution in [-0.4, -0.2) is 6.54 Å². The van der Waals surface area contributed by atoms with Crippen molar-refractivity contribution in [1.82, 2.24) is 0 Å². The zero-order valence-electron chi connectivity index (χ0n) is 6.73. The molecule has 1 nitrogen and oxygen atoms in total. The van der Waals surface area contributed by atoms with Crippen LogP contribution in [0.25, 0.3) is 6.08 Å². The SMILES string of the molecule is NC/C=C/c1c(F)ccc(Cl)c1Br. The van der Waals surface area contributed by atoms with E-state index in [-0.39, 0.29) is 5.82 Å². The van der Waals surface area contributed by atoms with E-state index in [1.807, 2.05) is 0 Å². The summed E-state index contributed by atoms with van der Waals surface area (Å²) in [5.41, 5.74) is 5.69. The summed E-state index contributed by atoms with van der Waals surface area (Å²) in [5, 5.41) is 0.484. The van der Waals surface area contributed by atoms with Gasteiger partial charge in [0.25, 0.3) is 0 Å². The number of benzene rings is 1. The van der Waals surface area contributed by atoms with Crippen LogP contribution < -0.4 is 5.73 Å². The molecular weight excluding hydrogens is 256 g/mol. The van der Waals surface area contributed by atoms with Crippen LogP contribution in [0.3, 0.4) is 0 Å². The smallest absolute Gasteiger partial charge is 0.131 e. The van der Waals surface area contributed by atoms with Crippen molar-refractivity contribution in [2.45, 2.75) is 0 Å². The maximum atomic E-state index is 13.2. The van der Waals surface area contributed by atoms with Gasteiger partial charge in [-0.2, -0.15) is 0 Å². The van der Waals surface area contributed by atoms with Gasteiger partial charge >= 0.3 is 0 Å². The lowest BCUT2D eigenvalue weighted by Crippen LogP contribution is -1.93. The number of halogens is 3. The fourth-order valence-electron chi connectivity index (χ4n) is 0.881. The summed E-state index contributed by atoms with van der Waals surface area (Å²) in [5.74, 6) is -0.319. The number of hydrogen-bond acceptors (Lipinski definition) is 1. The second-order valence-corrected chi connectivity index (χ2v) is 3.60. The van der Waals surface area contributed by atoms with Crippen LogP contribution in [0.1, 0.15) is 5.56 Å². The molecule has 0 radical (unpaired) electrons. The molecule has 1 rings (SSSR count). The lowest BCUT2D eigenvalue weighted by atomic mass is 10.2. The van der Waals surface area contributed by atoms with Crippen molar-refractivity contribution in [2.24, 2.45) is 5.73 Å². The summed E-state index contributed by atoms with van der Waals surface area (Å²) in [6, 6.07) is 2.82. The molecule has 70 valence electrons. The normalized spacial score (nSPS) is 11.1. The van der Waals surface area contributed by atoms with E-state index in [9.17, 15) is 4.39 Å². The minimum atomic E-state index is -0.319. The van der Waals surface area contributed by atoms with Gasteiger partial charge in [-0.25, -0.2) is 4.39 Å². The van der Waals surface area contributed by atoms with Gasteiger partial charge in [-0.05, 0) is 28.1 Å². The molecule has 0 heterocycles. The second kappa shape index (κ2) is 4.74. The van der Waals surface area contributed by atoms with Gasteiger partial charge in [-0.1, -0.05) is 23.8 Å². The molecule has 0 saturated heterocycles. The topological polar surface area (TPSA) is 26.0 Å². The van der Waals surface area contributed by atoms with Gasteiger partial charge in [0.2, 0.25) is 0 Å². The van der Waals surface area contributed by atoms with E-state index in [2.05, 4.69) is 15.9 Å². The lowest BCUT2D eigenvalue weighted by molar-refractivity contribution is 0.624. The molecule has 1 aromatic carbocycles. The largest absolute Gasteiger partial charge is 0.327 e. The summed E-state index contributed by atoms with van der Waals surface area (Å²) in [6.45, 7) is 0.373. The van der Waals surface area contributed by atoms with E-state index in [0.717, 1.165) is 0 Å². The molecule has 0 aliphatic rings. The fourth-order valence-corrected chi connectivity index (χ4v) is 1.50. The van der Waals surface area contributed by atoms with E-state index in [1.54, 1.807) is 12.2 Å². The Morgan fingerprint density at radius 1 is 1.54 bits per heavy atom. The van der Waals surface area contributed by atoms with Crippen LogP contribution in [0.15, 0.2) is 22.7 Å². The quantitative estimate of drug-likeness (QED) is 0.816. The van der Waals surface area contributed by atoms with Crippen molar-refractivity contribution in [3.05, 3.63) is 39.1 Å². The molecule has 0 spiro atoms. The fraction of sp³-hybridized carbons (Fsp3) is 0.111. The summed E-state index contributed by atoms with van der Waals surface area (Å²) in [7, 11) is 0. The summed E-state index contributed by atoms with van der Waals surface area (Å²) >= 11 is 8.98. The Morgan fingerprint density at radius 3 is 2.85 bits per heavy atom. The Hall–Kier alpha value is -0.380. The van der Waals surface area contributed by atoms with Gasteiger partial charge in [0.15, 0.2) is 0 Å². The highest BCUT2D eigenvalue weighted by Gasteiger charge is 2.06. The maximum Gasteiger partial charge on any atom is 0.131 e. The third kappa shape index (κ3) is 2.53. The van der Waals surface area contributed by atoms with Crippen LogP contribution in [0.2, 0.25) is 5.02 Å². The average molecular weight is 265 g/mol. The van der Waals surface area contributed by atoms with Gasteiger partial charge in [0.05, 0.1) is 5.02 Å². The first-order chi connectivity index (χ1) is 6.16. The van der Waals surface area contributed by atoms with Crippen LogP contribution in [0.4, 0.5) is 4.39 Å². The van der Waals surface area contributed by atoms with Gasteiger partial charge < -0.3 is 5.73 Å². The van der Waals surface area contributed by atoms with Crippen molar-refractivity contribution in [3.8, 4) is 0 Å². The first kappa shape index (κ1) is 10.7. The van der Waals surface area contributed by atoms with E-state index in [4.69, 9.17) is 17.3 Å². The predicted octanol–water partition coefficient (Wildman–Crippen LogP) is 3.21. The molecule has 0 aliphatic heterocycles. The van der Waals surface area contributed by atoms with Crippen molar-refractivity contribution in [3.63, 3.8) is 0 Å². The molecule has 0 atom stereocenters. The molecule has 2 N–H and O–H groups in total. The van der Waals surface area contributed by atoms with Gasteiger partial charge in [-0.15, -0.1) is 0 Å². The summed E-state index contributed by atoms with van der Waals surface area (Å²) in [4.78, 5) is 0. The third-order valence-electron chi connectivity index (χ3n) is 1.50. The standard InChI is InChI=1S/C9H8BrClFN/c10-9-6(2-1-5-13)8(12)4-3-7(9)11/h1-4H,5,13H2/b2-1+. The van der Waals surface area contributed by atoms with Gasteiger partial charge in [0.1, 0.15) is 5.82 Å².